The van der Waals surface area contributed by atoms with Crippen LogP contribution in [-0.2, 0) is 4.79 Å². The summed E-state index contributed by atoms with van der Waals surface area (Å²) in [6, 6.07) is 13.3. The molecule has 1 amide bonds. The number of aromatic nitrogens is 3. The van der Waals surface area contributed by atoms with Crippen LogP contribution in [0, 0.1) is 24.1 Å². The average Bonchev–Trinajstić information content (AvgIpc) is 3.44. The summed E-state index contributed by atoms with van der Waals surface area (Å²) in [4.78, 5) is 31.7. The third-order valence-corrected chi connectivity index (χ3v) is 8.69. The minimum Gasteiger partial charge on any atom is -0.462 e. The fourth-order valence-corrected chi connectivity index (χ4v) is 6.35. The Bertz CT molecular complexity index is 1800. The second-order valence-electron chi connectivity index (χ2n) is 11.4. The maximum absolute atomic E-state index is 16.6. The molecule has 4 heterocycles. The Morgan fingerprint density at radius 3 is 2.68 bits per heavy atom. The van der Waals surface area contributed by atoms with E-state index in [1.54, 1.807) is 6.20 Å². The first kappa shape index (κ1) is 29.4. The monoisotopic (exact) mass is 597 g/mol. The maximum Gasteiger partial charge on any atom is 0.319 e. The second kappa shape index (κ2) is 12.1. The van der Waals surface area contributed by atoms with Crippen molar-refractivity contribution in [2.45, 2.75) is 38.3 Å². The topological polar surface area (TPSA) is 98.5 Å². The highest BCUT2D eigenvalue weighted by Crippen LogP contribution is 2.36. The molecular weight excluding hydrogens is 564 g/mol. The summed E-state index contributed by atoms with van der Waals surface area (Å²) in [6.07, 6.45) is 3.59. The van der Waals surface area contributed by atoms with E-state index in [0.29, 0.717) is 23.4 Å². The van der Waals surface area contributed by atoms with Crippen LogP contribution in [0.3, 0.4) is 0 Å². The number of pyridine rings is 1. The summed E-state index contributed by atoms with van der Waals surface area (Å²) in [5.74, 6) is -2.14. The van der Waals surface area contributed by atoms with Gasteiger partial charge in [0.15, 0.2) is 11.6 Å². The number of carbonyl (C=O) groups is 1. The molecule has 0 unspecified atom stereocenters. The van der Waals surface area contributed by atoms with E-state index >= 15 is 4.39 Å². The first-order valence-electron chi connectivity index (χ1n) is 14.7. The van der Waals surface area contributed by atoms with Gasteiger partial charge in [-0.15, -0.1) is 0 Å². The van der Waals surface area contributed by atoms with E-state index in [1.165, 1.54) is 4.90 Å². The molecule has 9 nitrogen and oxygen atoms in total. The minimum absolute atomic E-state index is 0.0207. The lowest BCUT2D eigenvalue weighted by atomic mass is 9.97. The molecule has 0 radical (unpaired) electrons. The largest absolute Gasteiger partial charge is 0.462 e. The van der Waals surface area contributed by atoms with E-state index in [1.807, 2.05) is 55.3 Å². The lowest BCUT2D eigenvalue weighted by molar-refractivity contribution is -0.131. The number of anilines is 1. The number of nitriles is 1. The predicted molar refractivity (Wildman–Crippen MR) is 164 cm³/mol. The summed E-state index contributed by atoms with van der Waals surface area (Å²) >= 11 is 0. The Labute approximate surface area is 254 Å². The molecule has 2 fully saturated rings. The van der Waals surface area contributed by atoms with Gasteiger partial charge in [0.25, 0.3) is 5.91 Å². The number of hydrogen-bond acceptors (Lipinski definition) is 8. The molecule has 0 N–H and O–H groups in total. The van der Waals surface area contributed by atoms with Crippen LogP contribution in [0.2, 0.25) is 0 Å². The number of benzene rings is 2. The number of likely N-dealkylation sites (N-methyl/N-ethyl adjacent to an activating group) is 1. The number of ether oxygens (including phenoxy) is 1. The van der Waals surface area contributed by atoms with Crippen LogP contribution in [-0.4, -0.2) is 82.6 Å². The highest BCUT2D eigenvalue weighted by Gasteiger charge is 2.34. The predicted octanol–water partition coefficient (Wildman–Crippen LogP) is 5.18. The van der Waals surface area contributed by atoms with Crippen molar-refractivity contribution in [2.75, 3.05) is 44.7 Å². The zero-order valence-corrected chi connectivity index (χ0v) is 24.8. The first-order valence-corrected chi connectivity index (χ1v) is 14.7. The number of rotatable bonds is 7. The van der Waals surface area contributed by atoms with Crippen LogP contribution in [0.5, 0.6) is 6.01 Å². The first-order chi connectivity index (χ1) is 21.3. The van der Waals surface area contributed by atoms with Gasteiger partial charge in [0.05, 0.1) is 23.9 Å². The molecule has 11 heteroatoms. The van der Waals surface area contributed by atoms with Gasteiger partial charge in [-0.1, -0.05) is 43.0 Å². The van der Waals surface area contributed by atoms with E-state index in [4.69, 9.17) is 9.72 Å². The molecule has 2 atom stereocenters. The zero-order valence-electron chi connectivity index (χ0n) is 24.8. The van der Waals surface area contributed by atoms with Crippen LogP contribution in [0.15, 0.2) is 55.0 Å². The number of aryl methyl sites for hydroxylation is 1. The number of nitrogens with zero attached hydrogens (tertiary/aromatic N) is 7. The van der Waals surface area contributed by atoms with Crippen molar-refractivity contribution in [3.63, 3.8) is 0 Å². The number of piperazine rings is 1. The Hall–Kier alpha value is -4.69. The molecule has 44 heavy (non-hydrogen) atoms. The smallest absolute Gasteiger partial charge is 0.319 e. The molecule has 226 valence electrons. The molecule has 2 aromatic carbocycles. The van der Waals surface area contributed by atoms with Crippen molar-refractivity contribution in [1.29, 1.82) is 5.26 Å². The summed E-state index contributed by atoms with van der Waals surface area (Å²) in [5, 5.41) is 11.7. The maximum atomic E-state index is 16.6. The molecule has 2 aromatic heterocycles. The molecule has 0 saturated carbocycles. The lowest BCUT2D eigenvalue weighted by Crippen LogP contribution is -2.55. The van der Waals surface area contributed by atoms with Gasteiger partial charge < -0.3 is 19.4 Å². The van der Waals surface area contributed by atoms with Crippen LogP contribution in [0.4, 0.5) is 14.6 Å². The number of fused-ring (bicyclic) bond motifs is 2. The van der Waals surface area contributed by atoms with Crippen LogP contribution in [0.25, 0.3) is 32.9 Å². The fraction of sp³-hybridized carbons (Fsp3) is 0.364. The van der Waals surface area contributed by atoms with Crippen LogP contribution < -0.4 is 9.64 Å². The van der Waals surface area contributed by atoms with Crippen molar-refractivity contribution in [1.82, 2.24) is 24.8 Å². The van der Waals surface area contributed by atoms with Crippen molar-refractivity contribution in [3.05, 3.63) is 66.4 Å². The molecule has 0 aliphatic carbocycles. The van der Waals surface area contributed by atoms with Gasteiger partial charge in [0, 0.05) is 37.4 Å². The Morgan fingerprint density at radius 1 is 1.16 bits per heavy atom. The van der Waals surface area contributed by atoms with Crippen molar-refractivity contribution >= 4 is 33.4 Å². The van der Waals surface area contributed by atoms with E-state index in [9.17, 15) is 14.4 Å². The molecule has 0 spiro atoms. The van der Waals surface area contributed by atoms with E-state index < -0.39 is 23.6 Å². The van der Waals surface area contributed by atoms with Gasteiger partial charge in [0.1, 0.15) is 23.6 Å². The highest BCUT2D eigenvalue weighted by atomic mass is 19.1. The number of likely N-dealkylation sites (tertiary alicyclic amines) is 1. The van der Waals surface area contributed by atoms with Crippen molar-refractivity contribution in [2.24, 2.45) is 0 Å². The molecule has 0 bridgehead atoms. The molecule has 2 saturated heterocycles. The number of amides is 1. The Morgan fingerprint density at radius 2 is 1.95 bits per heavy atom. The third kappa shape index (κ3) is 5.42. The van der Waals surface area contributed by atoms with E-state index in [2.05, 4.69) is 27.5 Å². The van der Waals surface area contributed by atoms with Gasteiger partial charge in [-0.2, -0.15) is 15.2 Å². The SMILES string of the molecule is C=C(F)C(=O)N1CCN(c2nc(OC[C@H]3CCCN3C)nc3c(F)c(-c4cccc5cccc(C)c45)ncc23)C[C@@H]1CC#N. The third-order valence-electron chi connectivity index (χ3n) is 8.69. The lowest BCUT2D eigenvalue weighted by Gasteiger charge is -2.41. The quantitative estimate of drug-likeness (QED) is 0.269. The summed E-state index contributed by atoms with van der Waals surface area (Å²) in [5.41, 5.74) is 1.89. The second-order valence-corrected chi connectivity index (χ2v) is 11.4. The van der Waals surface area contributed by atoms with Gasteiger partial charge in [0.2, 0.25) is 0 Å². The normalized spacial score (nSPS) is 19.0. The van der Waals surface area contributed by atoms with E-state index in [-0.39, 0.29) is 49.3 Å². The molecule has 6 rings (SSSR count). The fourth-order valence-electron chi connectivity index (χ4n) is 6.35. The molecular formula is C33H33F2N7O2. The summed E-state index contributed by atoms with van der Waals surface area (Å²) in [7, 11) is 2.04. The number of halogens is 2. The summed E-state index contributed by atoms with van der Waals surface area (Å²) < 4.78 is 36.5. The van der Waals surface area contributed by atoms with Gasteiger partial charge in [-0.25, -0.2) is 8.78 Å². The van der Waals surface area contributed by atoms with Crippen molar-refractivity contribution < 1.29 is 18.3 Å². The molecule has 2 aliphatic heterocycles. The van der Waals surface area contributed by atoms with Crippen LogP contribution in [0.1, 0.15) is 24.8 Å². The van der Waals surface area contributed by atoms with Gasteiger partial charge >= 0.3 is 6.01 Å². The summed E-state index contributed by atoms with van der Waals surface area (Å²) in [6.45, 7) is 7.01. The van der Waals surface area contributed by atoms with E-state index in [0.717, 1.165) is 35.7 Å². The zero-order chi connectivity index (χ0) is 31.0. The molecule has 2 aliphatic rings. The molecule has 4 aromatic rings. The van der Waals surface area contributed by atoms with Crippen LogP contribution >= 0.6 is 0 Å². The van der Waals surface area contributed by atoms with Gasteiger partial charge in [-0.05, 0) is 49.7 Å². The standard InChI is InChI=1S/C33H33F2N7O2/c1-20-7-4-8-22-9-5-11-25(27(20)22)29-28(35)30-26(17-37-29)31(39-33(38-30)44-19-24-10-6-14-40(24)3)41-15-16-42(32(43)21(2)34)23(18-41)12-13-36/h4-5,7-9,11,17,23-24H,2,6,10,12,14-16,18-19H2,1,3H3/t23-,24+/m0/s1. The highest BCUT2D eigenvalue weighted by molar-refractivity contribution is 6.00. The average molecular weight is 598 g/mol. The number of carbonyl (C=O) groups excluding carboxylic acids is 1. The minimum atomic E-state index is -1.08. The Kier molecular flexibility index (Phi) is 8.10. The number of hydrogen-bond donors (Lipinski definition) is 0. The van der Waals surface area contributed by atoms with Gasteiger partial charge in [-0.3, -0.25) is 9.78 Å². The van der Waals surface area contributed by atoms with Crippen molar-refractivity contribution in [3.8, 4) is 23.3 Å². The Balaban J connectivity index is 1.45.